The maximum Gasteiger partial charge on any atom is 0.395 e. The molecule has 1 fully saturated rings. The van der Waals surface area contributed by atoms with Gasteiger partial charge in [0, 0.05) is 17.8 Å². The zero-order valence-electron chi connectivity index (χ0n) is 8.92. The van der Waals surface area contributed by atoms with Crippen LogP contribution in [0.1, 0.15) is 23.0 Å². The number of hydrogen-bond donors (Lipinski definition) is 0. The lowest BCUT2D eigenvalue weighted by molar-refractivity contribution is -0.127. The van der Waals surface area contributed by atoms with Crippen molar-refractivity contribution in [3.63, 3.8) is 0 Å². The Kier molecular flexibility index (Phi) is 3.21. The van der Waals surface area contributed by atoms with Crippen molar-refractivity contribution in [1.29, 1.82) is 0 Å². The van der Waals surface area contributed by atoms with E-state index in [9.17, 15) is 13.2 Å². The first-order chi connectivity index (χ1) is 7.44. The van der Waals surface area contributed by atoms with E-state index in [0.29, 0.717) is 5.92 Å². The topological polar surface area (TPSA) is 16.1 Å². The van der Waals surface area contributed by atoms with Crippen molar-refractivity contribution < 1.29 is 13.2 Å². The zero-order valence-corrected chi connectivity index (χ0v) is 9.74. The van der Waals surface area contributed by atoms with Crippen molar-refractivity contribution in [2.24, 2.45) is 0 Å². The van der Waals surface area contributed by atoms with Gasteiger partial charge in [0.2, 0.25) is 0 Å². The third-order valence-corrected chi connectivity index (χ3v) is 3.60. The van der Waals surface area contributed by atoms with Crippen LogP contribution in [0.25, 0.3) is 0 Å². The highest BCUT2D eigenvalue weighted by Gasteiger charge is 2.30. The van der Waals surface area contributed by atoms with Gasteiger partial charge in [-0.15, -0.1) is 11.3 Å². The van der Waals surface area contributed by atoms with Crippen LogP contribution >= 0.6 is 11.3 Å². The molecule has 0 bridgehead atoms. The molecule has 1 aromatic heterocycles. The largest absolute Gasteiger partial charge is 0.395 e. The Morgan fingerprint density at radius 2 is 2.31 bits per heavy atom. The zero-order chi connectivity index (χ0) is 11.8. The second kappa shape index (κ2) is 4.33. The Bertz CT molecular complexity index is 361. The summed E-state index contributed by atoms with van der Waals surface area (Å²) in [4.78, 5) is 6.26. The van der Waals surface area contributed by atoms with E-state index in [1.807, 2.05) is 7.05 Å². The number of likely N-dealkylation sites (tertiary alicyclic amines) is 1. The molecule has 0 amide bonds. The Morgan fingerprint density at radius 1 is 1.56 bits per heavy atom. The summed E-state index contributed by atoms with van der Waals surface area (Å²) in [7, 11) is 2.02. The lowest BCUT2D eigenvalue weighted by Crippen LogP contribution is -2.14. The van der Waals surface area contributed by atoms with E-state index in [-0.39, 0.29) is 5.01 Å². The van der Waals surface area contributed by atoms with Gasteiger partial charge in [-0.3, -0.25) is 0 Å². The highest BCUT2D eigenvalue weighted by Crippen LogP contribution is 2.29. The predicted octanol–water partition coefficient (Wildman–Crippen LogP) is 2.67. The first-order valence-corrected chi connectivity index (χ1v) is 6.01. The minimum absolute atomic E-state index is 0.178. The van der Waals surface area contributed by atoms with E-state index >= 15 is 0 Å². The summed E-state index contributed by atoms with van der Waals surface area (Å²) >= 11 is 1.11. The number of nitrogens with zero attached hydrogens (tertiary/aromatic N) is 2. The number of thiazole rings is 1. The van der Waals surface area contributed by atoms with Crippen LogP contribution in [0.5, 0.6) is 0 Å². The van der Waals surface area contributed by atoms with Crippen molar-refractivity contribution in [2.45, 2.75) is 24.9 Å². The van der Waals surface area contributed by atoms with Gasteiger partial charge in [-0.1, -0.05) is 0 Å². The number of alkyl halides is 3. The number of rotatable bonds is 2. The van der Waals surface area contributed by atoms with Crippen LogP contribution in [0.4, 0.5) is 13.2 Å². The minimum atomic E-state index is -4.15. The summed E-state index contributed by atoms with van der Waals surface area (Å²) in [5.41, 5.74) is 0.827. The van der Waals surface area contributed by atoms with E-state index in [1.54, 1.807) is 5.38 Å². The van der Waals surface area contributed by atoms with Gasteiger partial charge in [0.05, 0.1) is 12.1 Å². The predicted molar refractivity (Wildman–Crippen MR) is 56.7 cm³/mol. The van der Waals surface area contributed by atoms with Gasteiger partial charge in [-0.25, -0.2) is 4.98 Å². The lowest BCUT2D eigenvalue weighted by Gasteiger charge is -2.07. The Hall–Kier alpha value is -0.620. The monoisotopic (exact) mass is 250 g/mol. The van der Waals surface area contributed by atoms with Gasteiger partial charge in [-0.2, -0.15) is 13.2 Å². The molecule has 0 aliphatic carbocycles. The highest BCUT2D eigenvalue weighted by molar-refractivity contribution is 7.09. The van der Waals surface area contributed by atoms with Crippen LogP contribution in [0.3, 0.4) is 0 Å². The fourth-order valence-corrected chi connectivity index (χ4v) is 2.85. The van der Waals surface area contributed by atoms with Gasteiger partial charge in [0.15, 0.2) is 0 Å². The van der Waals surface area contributed by atoms with Gasteiger partial charge in [-0.05, 0) is 20.0 Å². The summed E-state index contributed by atoms with van der Waals surface area (Å²) in [5.74, 6) is 0.309. The van der Waals surface area contributed by atoms with E-state index in [4.69, 9.17) is 0 Å². The quantitative estimate of drug-likeness (QED) is 0.802. The van der Waals surface area contributed by atoms with E-state index in [2.05, 4.69) is 9.88 Å². The molecule has 0 aromatic carbocycles. The third kappa shape index (κ3) is 2.95. The standard InChI is InChI=1S/C10H13F3N2S/c1-15-3-2-7(5-15)8-6-16-9(14-8)4-10(11,12)13/h6-7H,2-5H2,1H3. The Labute approximate surface area is 96.1 Å². The van der Waals surface area contributed by atoms with Crippen LogP contribution in [0.2, 0.25) is 0 Å². The average molecular weight is 250 g/mol. The molecule has 0 saturated carbocycles. The van der Waals surface area contributed by atoms with Crippen LogP contribution in [-0.4, -0.2) is 36.2 Å². The highest BCUT2D eigenvalue weighted by atomic mass is 32.1. The number of aromatic nitrogens is 1. The molecule has 2 rings (SSSR count). The SMILES string of the molecule is CN1CCC(c2csc(CC(F)(F)F)n2)C1. The molecule has 0 spiro atoms. The molecule has 0 radical (unpaired) electrons. The molecular formula is C10H13F3N2S. The van der Waals surface area contributed by atoms with E-state index in [0.717, 1.165) is 36.5 Å². The molecule has 90 valence electrons. The molecule has 16 heavy (non-hydrogen) atoms. The van der Waals surface area contributed by atoms with Crippen molar-refractivity contribution in [3.05, 3.63) is 16.1 Å². The number of likely N-dealkylation sites (N-methyl/N-ethyl adjacent to an activating group) is 1. The van der Waals surface area contributed by atoms with Crippen molar-refractivity contribution in [3.8, 4) is 0 Å². The second-order valence-electron chi connectivity index (χ2n) is 4.21. The average Bonchev–Trinajstić information content (AvgIpc) is 2.71. The molecule has 1 aliphatic heterocycles. The minimum Gasteiger partial charge on any atom is -0.306 e. The van der Waals surface area contributed by atoms with Gasteiger partial charge in [0.25, 0.3) is 0 Å². The maximum atomic E-state index is 12.1. The molecular weight excluding hydrogens is 237 g/mol. The van der Waals surface area contributed by atoms with Crippen LogP contribution < -0.4 is 0 Å². The van der Waals surface area contributed by atoms with Gasteiger partial charge >= 0.3 is 6.18 Å². The number of hydrogen-bond acceptors (Lipinski definition) is 3. The van der Waals surface area contributed by atoms with Gasteiger partial charge in [0.1, 0.15) is 5.01 Å². The summed E-state index contributed by atoms with van der Waals surface area (Å²) in [6.07, 6.45) is -4.06. The molecule has 0 N–H and O–H groups in total. The van der Waals surface area contributed by atoms with E-state index < -0.39 is 12.6 Å². The van der Waals surface area contributed by atoms with Crippen LogP contribution in [0, 0.1) is 0 Å². The Balaban J connectivity index is 2.02. The molecule has 1 aliphatic rings. The summed E-state index contributed by atoms with van der Waals surface area (Å²) in [6.45, 7) is 1.89. The molecule has 1 unspecified atom stereocenters. The Morgan fingerprint density at radius 3 is 2.88 bits per heavy atom. The second-order valence-corrected chi connectivity index (χ2v) is 5.15. The van der Waals surface area contributed by atoms with Crippen molar-refractivity contribution in [2.75, 3.05) is 20.1 Å². The smallest absolute Gasteiger partial charge is 0.306 e. The number of halogens is 3. The summed E-state index contributed by atoms with van der Waals surface area (Å²) < 4.78 is 36.4. The maximum absolute atomic E-state index is 12.1. The van der Waals surface area contributed by atoms with Gasteiger partial charge < -0.3 is 4.90 Å². The molecule has 1 saturated heterocycles. The molecule has 1 atom stereocenters. The fraction of sp³-hybridized carbons (Fsp3) is 0.700. The first-order valence-electron chi connectivity index (χ1n) is 5.13. The molecule has 2 nitrogen and oxygen atoms in total. The molecule has 2 heterocycles. The van der Waals surface area contributed by atoms with Crippen molar-refractivity contribution >= 4 is 11.3 Å². The normalized spacial score (nSPS) is 22.9. The molecule has 6 heteroatoms. The van der Waals surface area contributed by atoms with Crippen LogP contribution in [0.15, 0.2) is 5.38 Å². The lowest BCUT2D eigenvalue weighted by atomic mass is 10.1. The molecule has 1 aromatic rings. The third-order valence-electron chi connectivity index (χ3n) is 2.73. The summed E-state index contributed by atoms with van der Waals surface area (Å²) in [6, 6.07) is 0. The van der Waals surface area contributed by atoms with E-state index in [1.165, 1.54) is 0 Å². The first kappa shape index (κ1) is 11.9. The fourth-order valence-electron chi connectivity index (χ4n) is 1.94. The van der Waals surface area contributed by atoms with Crippen LogP contribution in [-0.2, 0) is 6.42 Å². The van der Waals surface area contributed by atoms with Crippen molar-refractivity contribution in [1.82, 2.24) is 9.88 Å². The summed E-state index contributed by atoms with van der Waals surface area (Å²) in [5, 5.41) is 1.95.